The number of carbonyl (C=O) groups excluding carboxylic acids is 1. The van der Waals surface area contributed by atoms with E-state index in [4.69, 9.17) is 4.74 Å². The van der Waals surface area contributed by atoms with Crippen molar-refractivity contribution < 1.29 is 9.53 Å². The van der Waals surface area contributed by atoms with Crippen molar-refractivity contribution in [3.8, 4) is 0 Å². The van der Waals surface area contributed by atoms with Crippen molar-refractivity contribution in [2.75, 3.05) is 18.0 Å². The highest BCUT2D eigenvalue weighted by atomic mass is 79.9. The molecular formula is C14H19BrN2O2. The lowest BCUT2D eigenvalue weighted by Gasteiger charge is -2.23. The lowest BCUT2D eigenvalue weighted by molar-refractivity contribution is 0.00699. The molecule has 0 bridgehead atoms. The van der Waals surface area contributed by atoms with Crippen LogP contribution in [0.4, 0.5) is 5.82 Å². The van der Waals surface area contributed by atoms with Gasteiger partial charge in [0.05, 0.1) is 0 Å². The molecule has 0 aliphatic carbocycles. The molecule has 1 aromatic rings. The van der Waals surface area contributed by atoms with E-state index in [-0.39, 0.29) is 5.97 Å². The number of aromatic nitrogens is 1. The number of hydrogen-bond donors (Lipinski definition) is 0. The summed E-state index contributed by atoms with van der Waals surface area (Å²) in [4.78, 5) is 18.8. The smallest absolute Gasteiger partial charge is 0.342 e. The van der Waals surface area contributed by atoms with Gasteiger partial charge in [0.15, 0.2) is 0 Å². The third-order valence-electron chi connectivity index (χ3n) is 2.86. The van der Waals surface area contributed by atoms with E-state index in [1.165, 1.54) is 0 Å². The van der Waals surface area contributed by atoms with Crippen LogP contribution in [0.25, 0.3) is 0 Å². The third-order valence-corrected chi connectivity index (χ3v) is 3.29. The molecule has 4 nitrogen and oxygen atoms in total. The fourth-order valence-electron chi connectivity index (χ4n) is 2.10. The lowest BCUT2D eigenvalue weighted by Crippen LogP contribution is -2.27. The van der Waals surface area contributed by atoms with Crippen LogP contribution in [0.2, 0.25) is 0 Å². The number of nitrogens with zero attached hydrogens (tertiary/aromatic N) is 2. The first-order chi connectivity index (χ1) is 8.87. The van der Waals surface area contributed by atoms with Crippen molar-refractivity contribution in [3.63, 3.8) is 0 Å². The standard InChI is InChI=1S/C14H19BrN2O2/c1-14(2,3)19-13(18)11-8-10(15)9-16-12(11)17-6-4-5-7-17/h8-9H,4-7H2,1-3H3. The van der Waals surface area contributed by atoms with Gasteiger partial charge in [-0.25, -0.2) is 9.78 Å². The Labute approximate surface area is 122 Å². The minimum Gasteiger partial charge on any atom is -0.456 e. The Morgan fingerprint density at radius 3 is 2.58 bits per heavy atom. The molecule has 2 rings (SSSR count). The van der Waals surface area contributed by atoms with Gasteiger partial charge in [-0.2, -0.15) is 0 Å². The molecule has 0 radical (unpaired) electrons. The van der Waals surface area contributed by atoms with Crippen molar-refractivity contribution in [2.24, 2.45) is 0 Å². The molecule has 0 amide bonds. The van der Waals surface area contributed by atoms with Crippen molar-refractivity contribution >= 4 is 27.7 Å². The van der Waals surface area contributed by atoms with E-state index in [0.717, 1.165) is 36.2 Å². The largest absolute Gasteiger partial charge is 0.456 e. The van der Waals surface area contributed by atoms with Crippen molar-refractivity contribution in [1.29, 1.82) is 0 Å². The second-order valence-electron chi connectivity index (χ2n) is 5.72. The van der Waals surface area contributed by atoms with E-state index in [1.807, 2.05) is 20.8 Å². The molecule has 5 heteroatoms. The number of ether oxygens (including phenoxy) is 1. The highest BCUT2D eigenvalue weighted by Crippen LogP contribution is 2.26. The minimum absolute atomic E-state index is 0.316. The zero-order valence-corrected chi connectivity index (χ0v) is 13.2. The Hall–Kier alpha value is -1.10. The van der Waals surface area contributed by atoms with Crippen LogP contribution in [0.15, 0.2) is 16.7 Å². The van der Waals surface area contributed by atoms with Crippen LogP contribution in [0.1, 0.15) is 44.0 Å². The zero-order chi connectivity index (χ0) is 14.0. The first-order valence-electron chi connectivity index (χ1n) is 6.51. The second-order valence-corrected chi connectivity index (χ2v) is 6.64. The molecule has 1 saturated heterocycles. The summed E-state index contributed by atoms with van der Waals surface area (Å²) in [6.45, 7) is 7.50. The molecule has 1 fully saturated rings. The highest BCUT2D eigenvalue weighted by molar-refractivity contribution is 9.10. The van der Waals surface area contributed by atoms with Gasteiger partial charge in [0.2, 0.25) is 0 Å². The number of hydrogen-bond acceptors (Lipinski definition) is 4. The van der Waals surface area contributed by atoms with Crippen molar-refractivity contribution in [2.45, 2.75) is 39.2 Å². The van der Waals surface area contributed by atoms with Crippen molar-refractivity contribution in [1.82, 2.24) is 4.98 Å². The zero-order valence-electron chi connectivity index (χ0n) is 11.6. The normalized spacial score (nSPS) is 15.7. The number of pyridine rings is 1. The lowest BCUT2D eigenvalue weighted by atomic mass is 10.2. The fourth-order valence-corrected chi connectivity index (χ4v) is 2.43. The third kappa shape index (κ3) is 3.69. The summed E-state index contributed by atoms with van der Waals surface area (Å²) in [6.07, 6.45) is 4.01. The van der Waals surface area contributed by atoms with Gasteiger partial charge in [0.25, 0.3) is 0 Å². The first-order valence-corrected chi connectivity index (χ1v) is 7.30. The minimum atomic E-state index is -0.498. The molecule has 0 saturated carbocycles. The molecule has 0 aromatic carbocycles. The molecule has 0 spiro atoms. The van der Waals surface area contributed by atoms with Crippen LogP contribution in [0.3, 0.4) is 0 Å². The van der Waals surface area contributed by atoms with Crippen LogP contribution >= 0.6 is 15.9 Å². The van der Waals surface area contributed by atoms with Gasteiger partial charge in [0, 0.05) is 23.8 Å². The highest BCUT2D eigenvalue weighted by Gasteiger charge is 2.25. The molecule has 1 aliphatic heterocycles. The van der Waals surface area contributed by atoms with Gasteiger partial charge < -0.3 is 9.64 Å². The monoisotopic (exact) mass is 326 g/mol. The second kappa shape index (κ2) is 5.49. The summed E-state index contributed by atoms with van der Waals surface area (Å²) in [5.41, 5.74) is 0.0352. The van der Waals surface area contributed by atoms with Crippen LogP contribution in [-0.4, -0.2) is 29.6 Å². The van der Waals surface area contributed by atoms with E-state index in [2.05, 4.69) is 25.8 Å². The predicted molar refractivity (Wildman–Crippen MR) is 78.6 cm³/mol. The fraction of sp³-hybridized carbons (Fsp3) is 0.571. The van der Waals surface area contributed by atoms with E-state index < -0.39 is 5.60 Å². The number of carbonyl (C=O) groups is 1. The van der Waals surface area contributed by atoms with Crippen LogP contribution in [0.5, 0.6) is 0 Å². The Kier molecular flexibility index (Phi) is 4.13. The summed E-state index contributed by atoms with van der Waals surface area (Å²) in [5, 5.41) is 0. The molecule has 1 aliphatic rings. The molecule has 0 atom stereocenters. The van der Waals surface area contributed by atoms with Gasteiger partial charge in [-0.15, -0.1) is 0 Å². The average molecular weight is 327 g/mol. The molecule has 19 heavy (non-hydrogen) atoms. The molecule has 0 N–H and O–H groups in total. The molecule has 104 valence electrons. The summed E-state index contributed by atoms with van der Waals surface area (Å²) < 4.78 is 6.24. The molecular weight excluding hydrogens is 308 g/mol. The summed E-state index contributed by atoms with van der Waals surface area (Å²) in [5.74, 6) is 0.415. The van der Waals surface area contributed by atoms with Gasteiger partial charge in [-0.1, -0.05) is 0 Å². The summed E-state index contributed by atoms with van der Waals surface area (Å²) >= 11 is 3.36. The average Bonchev–Trinajstić information content (AvgIpc) is 2.80. The Bertz CT molecular complexity index is 477. The van der Waals surface area contributed by atoms with Gasteiger partial charge >= 0.3 is 5.97 Å². The van der Waals surface area contributed by atoms with Gasteiger partial charge in [0.1, 0.15) is 17.0 Å². The number of rotatable bonds is 2. The summed E-state index contributed by atoms with van der Waals surface area (Å²) in [7, 11) is 0. The van der Waals surface area contributed by atoms with E-state index >= 15 is 0 Å². The Morgan fingerprint density at radius 2 is 2.00 bits per heavy atom. The quantitative estimate of drug-likeness (QED) is 0.781. The van der Waals surface area contributed by atoms with E-state index in [9.17, 15) is 4.79 Å². The maximum Gasteiger partial charge on any atom is 0.342 e. The topological polar surface area (TPSA) is 42.4 Å². The van der Waals surface area contributed by atoms with E-state index in [1.54, 1.807) is 12.3 Å². The Balaban J connectivity index is 2.31. The van der Waals surface area contributed by atoms with E-state index in [0.29, 0.717) is 5.56 Å². The predicted octanol–water partition coefficient (Wildman–Crippen LogP) is 3.40. The van der Waals surface area contributed by atoms with Gasteiger partial charge in [-0.3, -0.25) is 0 Å². The Morgan fingerprint density at radius 1 is 1.37 bits per heavy atom. The van der Waals surface area contributed by atoms with Gasteiger partial charge in [-0.05, 0) is 55.6 Å². The maximum atomic E-state index is 12.3. The maximum absolute atomic E-state index is 12.3. The van der Waals surface area contributed by atoms with Crippen LogP contribution in [0, 0.1) is 0 Å². The number of esters is 1. The van der Waals surface area contributed by atoms with Crippen LogP contribution < -0.4 is 4.90 Å². The number of halogens is 1. The SMILES string of the molecule is CC(C)(C)OC(=O)c1cc(Br)cnc1N1CCCC1. The summed E-state index contributed by atoms with van der Waals surface area (Å²) in [6, 6.07) is 1.79. The number of anilines is 1. The van der Waals surface area contributed by atoms with Crippen molar-refractivity contribution in [3.05, 3.63) is 22.3 Å². The molecule has 1 aromatic heterocycles. The first kappa shape index (κ1) is 14.3. The van der Waals surface area contributed by atoms with Crippen LogP contribution in [-0.2, 0) is 4.74 Å². The molecule has 0 unspecified atom stereocenters. The molecule has 2 heterocycles.